The first-order chi connectivity index (χ1) is 11.5. The molecule has 128 valence electrons. The number of aryl methyl sites for hydroxylation is 1. The van der Waals surface area contributed by atoms with Gasteiger partial charge in [0.15, 0.2) is 5.69 Å². The van der Waals surface area contributed by atoms with Crippen LogP contribution in [0, 0.1) is 12.8 Å². The van der Waals surface area contributed by atoms with E-state index < -0.39 is 0 Å². The number of carbonyl (C=O) groups excluding carboxylic acids is 2. The molecule has 4 heterocycles. The Hall–Kier alpha value is -1.83. The Morgan fingerprint density at radius 1 is 1.29 bits per heavy atom. The highest BCUT2D eigenvalue weighted by atomic mass is 32.2. The molecule has 0 unspecified atom stereocenters. The second kappa shape index (κ2) is 5.91. The van der Waals surface area contributed by atoms with E-state index in [1.54, 1.807) is 11.8 Å². The highest BCUT2D eigenvalue weighted by Crippen LogP contribution is 2.34. The molecule has 7 nitrogen and oxygen atoms in total. The minimum Gasteiger partial charge on any atom is -0.336 e. The van der Waals surface area contributed by atoms with Gasteiger partial charge in [0.1, 0.15) is 0 Å². The SMILES string of the molecule is Cc1cc(=O)c(C(=O)N2C[C@@H]3C[C@H]2CN3C(=O)CC2CSC2)n[nH]1. The largest absolute Gasteiger partial charge is 0.336 e. The summed E-state index contributed by atoms with van der Waals surface area (Å²) in [6.45, 7) is 2.81. The first-order valence-corrected chi connectivity index (χ1v) is 9.43. The molecule has 0 aromatic carbocycles. The molecule has 2 atom stereocenters. The molecule has 0 spiro atoms. The van der Waals surface area contributed by atoms with Gasteiger partial charge in [0.25, 0.3) is 5.91 Å². The predicted octanol–water partition coefficient (Wildman–Crippen LogP) is 0.257. The third-order valence-corrected chi connectivity index (χ3v) is 6.53. The van der Waals surface area contributed by atoms with Crippen LogP contribution in [0.2, 0.25) is 0 Å². The Morgan fingerprint density at radius 3 is 2.58 bits per heavy atom. The molecule has 3 aliphatic rings. The van der Waals surface area contributed by atoms with Crippen LogP contribution >= 0.6 is 11.8 Å². The van der Waals surface area contributed by atoms with Crippen molar-refractivity contribution in [3.63, 3.8) is 0 Å². The first-order valence-electron chi connectivity index (χ1n) is 8.27. The molecule has 0 aliphatic carbocycles. The normalized spacial score (nSPS) is 25.9. The van der Waals surface area contributed by atoms with Gasteiger partial charge in [0, 0.05) is 31.3 Å². The molecule has 8 heteroatoms. The number of carbonyl (C=O) groups is 2. The number of aromatic amines is 1. The standard InChI is InChI=1S/C16H20N4O3S/c1-9-2-13(21)15(18-17-9)16(23)20-6-11-4-12(20)5-19(11)14(22)3-10-7-24-8-10/h2,10-12H,3-8H2,1H3,(H,17,21)/t11-,12-/m0/s1. The highest BCUT2D eigenvalue weighted by molar-refractivity contribution is 8.00. The van der Waals surface area contributed by atoms with Crippen LogP contribution in [0.5, 0.6) is 0 Å². The molecule has 3 saturated heterocycles. The van der Waals surface area contributed by atoms with Crippen LogP contribution in [-0.4, -0.2) is 68.5 Å². The zero-order valence-corrected chi connectivity index (χ0v) is 14.3. The lowest BCUT2D eigenvalue weighted by molar-refractivity contribution is -0.134. The van der Waals surface area contributed by atoms with Crippen molar-refractivity contribution in [1.29, 1.82) is 0 Å². The zero-order valence-electron chi connectivity index (χ0n) is 13.5. The third kappa shape index (κ3) is 2.62. The van der Waals surface area contributed by atoms with Gasteiger partial charge < -0.3 is 9.80 Å². The van der Waals surface area contributed by atoms with Gasteiger partial charge in [-0.1, -0.05) is 0 Å². The van der Waals surface area contributed by atoms with Crippen LogP contribution in [-0.2, 0) is 4.79 Å². The number of likely N-dealkylation sites (tertiary alicyclic amines) is 2. The number of hydrogen-bond donors (Lipinski definition) is 1. The average molecular weight is 348 g/mol. The summed E-state index contributed by atoms with van der Waals surface area (Å²) in [6, 6.07) is 1.48. The molecule has 2 amide bonds. The molecular weight excluding hydrogens is 328 g/mol. The van der Waals surface area contributed by atoms with Gasteiger partial charge in [-0.25, -0.2) is 0 Å². The monoisotopic (exact) mass is 348 g/mol. The summed E-state index contributed by atoms with van der Waals surface area (Å²) < 4.78 is 0. The molecule has 1 aromatic heterocycles. The summed E-state index contributed by atoms with van der Waals surface area (Å²) in [5, 5.41) is 6.59. The molecule has 2 bridgehead atoms. The van der Waals surface area contributed by atoms with E-state index in [0.717, 1.165) is 17.9 Å². The van der Waals surface area contributed by atoms with Gasteiger partial charge in [0.05, 0.1) is 12.1 Å². The summed E-state index contributed by atoms with van der Waals surface area (Å²) in [4.78, 5) is 40.7. The van der Waals surface area contributed by atoms with Crippen LogP contribution < -0.4 is 5.43 Å². The number of nitrogens with zero attached hydrogens (tertiary/aromatic N) is 3. The topological polar surface area (TPSA) is 86.4 Å². The van der Waals surface area contributed by atoms with Crippen molar-refractivity contribution in [3.05, 3.63) is 27.7 Å². The van der Waals surface area contributed by atoms with Crippen LogP contribution in [0.4, 0.5) is 0 Å². The summed E-state index contributed by atoms with van der Waals surface area (Å²) in [6.07, 6.45) is 1.43. The highest BCUT2D eigenvalue weighted by Gasteiger charge is 2.47. The number of aromatic nitrogens is 2. The lowest BCUT2D eigenvalue weighted by atomic mass is 10.1. The maximum Gasteiger partial charge on any atom is 0.278 e. The number of amides is 2. The van der Waals surface area contributed by atoms with E-state index in [1.165, 1.54) is 6.07 Å². The smallest absolute Gasteiger partial charge is 0.278 e. The summed E-state index contributed by atoms with van der Waals surface area (Å²) in [7, 11) is 0. The Labute approximate surface area is 143 Å². The van der Waals surface area contributed by atoms with Crippen LogP contribution in [0.1, 0.15) is 29.0 Å². The second-order valence-electron chi connectivity index (χ2n) is 6.92. The van der Waals surface area contributed by atoms with E-state index in [0.29, 0.717) is 31.1 Å². The number of hydrogen-bond acceptors (Lipinski definition) is 5. The van der Waals surface area contributed by atoms with E-state index in [1.807, 2.05) is 16.7 Å². The van der Waals surface area contributed by atoms with Crippen LogP contribution in [0.3, 0.4) is 0 Å². The Kier molecular flexibility index (Phi) is 3.86. The van der Waals surface area contributed by atoms with Crippen molar-refractivity contribution < 1.29 is 9.59 Å². The Bertz CT molecular complexity index is 745. The van der Waals surface area contributed by atoms with E-state index in [4.69, 9.17) is 0 Å². The van der Waals surface area contributed by atoms with E-state index in [2.05, 4.69) is 10.2 Å². The number of H-pyrrole nitrogens is 1. The van der Waals surface area contributed by atoms with Crippen molar-refractivity contribution in [2.45, 2.75) is 31.8 Å². The van der Waals surface area contributed by atoms with Crippen molar-refractivity contribution >= 4 is 23.6 Å². The molecular formula is C16H20N4O3S. The van der Waals surface area contributed by atoms with E-state index in [9.17, 15) is 14.4 Å². The fourth-order valence-corrected chi connectivity index (χ4v) is 4.58. The molecule has 0 saturated carbocycles. The van der Waals surface area contributed by atoms with Crippen molar-refractivity contribution in [2.24, 2.45) is 5.92 Å². The fraction of sp³-hybridized carbons (Fsp3) is 0.625. The summed E-state index contributed by atoms with van der Waals surface area (Å²) in [5.41, 5.74) is 0.220. The van der Waals surface area contributed by atoms with Crippen molar-refractivity contribution in [1.82, 2.24) is 20.0 Å². The Morgan fingerprint density at radius 2 is 2.00 bits per heavy atom. The van der Waals surface area contributed by atoms with Gasteiger partial charge in [-0.2, -0.15) is 16.9 Å². The summed E-state index contributed by atoms with van der Waals surface area (Å²) in [5.74, 6) is 2.58. The van der Waals surface area contributed by atoms with Crippen molar-refractivity contribution in [3.8, 4) is 0 Å². The molecule has 3 aliphatic heterocycles. The van der Waals surface area contributed by atoms with Crippen LogP contribution in [0.25, 0.3) is 0 Å². The number of rotatable bonds is 3. The quantitative estimate of drug-likeness (QED) is 0.847. The molecule has 24 heavy (non-hydrogen) atoms. The van der Waals surface area contributed by atoms with E-state index >= 15 is 0 Å². The van der Waals surface area contributed by atoms with E-state index in [-0.39, 0.29) is 35.0 Å². The maximum atomic E-state index is 12.6. The minimum absolute atomic E-state index is 0.00437. The number of fused-ring (bicyclic) bond motifs is 2. The van der Waals surface area contributed by atoms with Gasteiger partial charge in [-0.15, -0.1) is 0 Å². The maximum absolute atomic E-state index is 12.6. The lowest BCUT2D eigenvalue weighted by Crippen LogP contribution is -2.52. The van der Waals surface area contributed by atoms with Gasteiger partial charge in [-0.05, 0) is 30.8 Å². The molecule has 3 fully saturated rings. The first kappa shape index (κ1) is 15.7. The summed E-state index contributed by atoms with van der Waals surface area (Å²) >= 11 is 1.89. The minimum atomic E-state index is -0.352. The fourth-order valence-electron chi connectivity index (χ4n) is 3.77. The molecule has 0 radical (unpaired) electrons. The predicted molar refractivity (Wildman–Crippen MR) is 90.0 cm³/mol. The van der Waals surface area contributed by atoms with Gasteiger partial charge in [-0.3, -0.25) is 19.5 Å². The zero-order chi connectivity index (χ0) is 16.8. The van der Waals surface area contributed by atoms with Gasteiger partial charge >= 0.3 is 0 Å². The molecule has 1 aromatic rings. The van der Waals surface area contributed by atoms with Crippen LogP contribution in [0.15, 0.2) is 10.9 Å². The number of piperazine rings is 1. The number of thioether (sulfide) groups is 1. The molecule has 4 rings (SSSR count). The third-order valence-electron chi connectivity index (χ3n) is 5.12. The lowest BCUT2D eigenvalue weighted by Gasteiger charge is -2.35. The number of nitrogens with one attached hydrogen (secondary N) is 1. The average Bonchev–Trinajstić information content (AvgIpc) is 3.10. The second-order valence-corrected chi connectivity index (χ2v) is 7.99. The molecule has 1 N–H and O–H groups in total. The van der Waals surface area contributed by atoms with Gasteiger partial charge in [0.2, 0.25) is 11.3 Å². The Balaban J connectivity index is 1.43. The van der Waals surface area contributed by atoms with Crippen molar-refractivity contribution in [2.75, 3.05) is 24.6 Å².